The SMILES string of the molecule is O=C(O)/C=C/c1cc(CO)cs1. The highest BCUT2D eigenvalue weighted by molar-refractivity contribution is 7.11. The number of carboxylic acid groups (broad SMARTS) is 1. The van der Waals surface area contributed by atoms with Gasteiger partial charge < -0.3 is 10.2 Å². The zero-order valence-corrected chi connectivity index (χ0v) is 7.04. The van der Waals surface area contributed by atoms with Crippen LogP contribution in [0.25, 0.3) is 6.08 Å². The van der Waals surface area contributed by atoms with Gasteiger partial charge in [-0.05, 0) is 23.1 Å². The molecule has 0 fully saturated rings. The minimum absolute atomic E-state index is 0.00257. The van der Waals surface area contributed by atoms with Gasteiger partial charge in [0.2, 0.25) is 0 Å². The fraction of sp³-hybridized carbons (Fsp3) is 0.125. The van der Waals surface area contributed by atoms with E-state index in [9.17, 15) is 4.79 Å². The predicted molar refractivity (Wildman–Crippen MR) is 46.9 cm³/mol. The van der Waals surface area contributed by atoms with Crippen LogP contribution in [-0.4, -0.2) is 16.2 Å². The first-order valence-corrected chi connectivity index (χ1v) is 4.19. The number of carboxylic acids is 1. The molecule has 2 N–H and O–H groups in total. The van der Waals surface area contributed by atoms with E-state index >= 15 is 0 Å². The van der Waals surface area contributed by atoms with Crippen molar-refractivity contribution in [3.8, 4) is 0 Å². The summed E-state index contributed by atoms with van der Waals surface area (Å²) in [5.74, 6) is -0.964. The molecule has 1 heterocycles. The second-order valence-electron chi connectivity index (χ2n) is 2.19. The van der Waals surface area contributed by atoms with E-state index in [0.717, 1.165) is 16.5 Å². The smallest absolute Gasteiger partial charge is 0.328 e. The molecule has 0 saturated heterocycles. The van der Waals surface area contributed by atoms with Gasteiger partial charge in [0.05, 0.1) is 6.61 Å². The Morgan fingerprint density at radius 1 is 1.67 bits per heavy atom. The molecule has 1 aromatic rings. The molecule has 4 heteroatoms. The van der Waals surface area contributed by atoms with Crippen LogP contribution in [0.5, 0.6) is 0 Å². The number of aliphatic hydroxyl groups is 1. The third-order valence-electron chi connectivity index (χ3n) is 1.25. The number of thiophene rings is 1. The molecule has 0 aromatic carbocycles. The van der Waals surface area contributed by atoms with Crippen molar-refractivity contribution in [2.45, 2.75) is 6.61 Å². The van der Waals surface area contributed by atoms with E-state index < -0.39 is 5.97 Å². The van der Waals surface area contributed by atoms with Gasteiger partial charge in [0.1, 0.15) is 0 Å². The predicted octanol–water partition coefficient (Wildman–Crippen LogP) is 1.34. The highest BCUT2D eigenvalue weighted by atomic mass is 32.1. The zero-order chi connectivity index (χ0) is 8.97. The standard InChI is InChI=1S/C8H8O3S/c9-4-6-3-7(12-5-6)1-2-8(10)11/h1-3,5,9H,4H2,(H,10,11)/b2-1+. The van der Waals surface area contributed by atoms with Crippen LogP contribution in [0.15, 0.2) is 17.5 Å². The van der Waals surface area contributed by atoms with Crippen LogP contribution >= 0.6 is 11.3 Å². The summed E-state index contributed by atoms with van der Waals surface area (Å²) in [6.45, 7) is -0.00257. The first-order chi connectivity index (χ1) is 5.72. The Morgan fingerprint density at radius 2 is 2.42 bits per heavy atom. The third kappa shape index (κ3) is 2.48. The Bertz CT molecular complexity index is 301. The summed E-state index contributed by atoms with van der Waals surface area (Å²) in [6.07, 6.45) is 2.58. The van der Waals surface area contributed by atoms with Crippen LogP contribution in [-0.2, 0) is 11.4 Å². The third-order valence-corrected chi connectivity index (χ3v) is 2.19. The lowest BCUT2D eigenvalue weighted by Gasteiger charge is -1.82. The minimum Gasteiger partial charge on any atom is -0.478 e. The van der Waals surface area contributed by atoms with Gasteiger partial charge in [-0.1, -0.05) is 0 Å². The van der Waals surface area contributed by atoms with Crippen molar-refractivity contribution in [1.29, 1.82) is 0 Å². The average molecular weight is 184 g/mol. The number of hydrogen-bond acceptors (Lipinski definition) is 3. The van der Waals surface area contributed by atoms with Gasteiger partial charge in [-0.2, -0.15) is 0 Å². The topological polar surface area (TPSA) is 57.5 Å². The van der Waals surface area contributed by atoms with Crippen molar-refractivity contribution in [1.82, 2.24) is 0 Å². The van der Waals surface area contributed by atoms with Crippen molar-refractivity contribution in [2.75, 3.05) is 0 Å². The molecule has 0 amide bonds. The van der Waals surface area contributed by atoms with Crippen molar-refractivity contribution in [2.24, 2.45) is 0 Å². The number of hydrogen-bond donors (Lipinski definition) is 2. The van der Waals surface area contributed by atoms with E-state index in [4.69, 9.17) is 10.2 Å². The molecule has 1 aromatic heterocycles. The Morgan fingerprint density at radius 3 is 2.92 bits per heavy atom. The Kier molecular flexibility index (Phi) is 3.01. The molecule has 0 atom stereocenters. The molecule has 64 valence electrons. The van der Waals surface area contributed by atoms with Crippen LogP contribution in [0.4, 0.5) is 0 Å². The van der Waals surface area contributed by atoms with Crippen LogP contribution in [0.1, 0.15) is 10.4 Å². The molecular formula is C8H8O3S. The highest BCUT2D eigenvalue weighted by Crippen LogP contribution is 2.15. The van der Waals surface area contributed by atoms with E-state index in [2.05, 4.69) is 0 Å². The Hall–Kier alpha value is -1.13. The van der Waals surface area contributed by atoms with Crippen LogP contribution < -0.4 is 0 Å². The van der Waals surface area contributed by atoms with Crippen LogP contribution in [0.3, 0.4) is 0 Å². The summed E-state index contributed by atoms with van der Waals surface area (Å²) in [5.41, 5.74) is 0.810. The lowest BCUT2D eigenvalue weighted by atomic mass is 10.3. The van der Waals surface area contributed by atoms with Gasteiger partial charge in [-0.25, -0.2) is 4.79 Å². The molecule has 1 rings (SSSR count). The molecule has 3 nitrogen and oxygen atoms in total. The maximum absolute atomic E-state index is 10.1. The lowest BCUT2D eigenvalue weighted by Crippen LogP contribution is -1.84. The molecule has 0 spiro atoms. The average Bonchev–Trinajstić information content (AvgIpc) is 2.48. The van der Waals surface area contributed by atoms with Gasteiger partial charge >= 0.3 is 5.97 Å². The highest BCUT2D eigenvalue weighted by Gasteiger charge is 1.95. The van der Waals surface area contributed by atoms with Gasteiger partial charge in [-0.3, -0.25) is 0 Å². The van der Waals surface area contributed by atoms with E-state index in [1.807, 2.05) is 0 Å². The summed E-state index contributed by atoms with van der Waals surface area (Å²) in [6, 6.07) is 1.75. The van der Waals surface area contributed by atoms with Crippen molar-refractivity contribution < 1.29 is 15.0 Å². The van der Waals surface area contributed by atoms with E-state index in [1.165, 1.54) is 17.4 Å². The number of rotatable bonds is 3. The minimum atomic E-state index is -0.964. The molecule has 0 aliphatic carbocycles. The first kappa shape index (κ1) is 8.96. The molecule has 0 aliphatic heterocycles. The molecule has 0 saturated carbocycles. The second kappa shape index (κ2) is 4.04. The molecule has 0 bridgehead atoms. The quantitative estimate of drug-likeness (QED) is 0.697. The Labute approximate surface area is 73.6 Å². The summed E-state index contributed by atoms with van der Waals surface area (Å²) in [5, 5.41) is 18.8. The molecule has 0 radical (unpaired) electrons. The lowest BCUT2D eigenvalue weighted by molar-refractivity contribution is -0.131. The van der Waals surface area contributed by atoms with Gasteiger partial charge in [0.15, 0.2) is 0 Å². The van der Waals surface area contributed by atoms with Crippen molar-refractivity contribution >= 4 is 23.4 Å². The van der Waals surface area contributed by atoms with E-state index in [-0.39, 0.29) is 6.61 Å². The number of aliphatic carboxylic acids is 1. The molecule has 0 unspecified atom stereocenters. The largest absolute Gasteiger partial charge is 0.478 e. The van der Waals surface area contributed by atoms with Gasteiger partial charge in [0.25, 0.3) is 0 Å². The summed E-state index contributed by atoms with van der Waals surface area (Å²) in [7, 11) is 0. The zero-order valence-electron chi connectivity index (χ0n) is 6.23. The summed E-state index contributed by atoms with van der Waals surface area (Å²) >= 11 is 1.41. The van der Waals surface area contributed by atoms with Crippen molar-refractivity contribution in [3.63, 3.8) is 0 Å². The maximum atomic E-state index is 10.1. The molecular weight excluding hydrogens is 176 g/mol. The monoisotopic (exact) mass is 184 g/mol. The van der Waals surface area contributed by atoms with Crippen LogP contribution in [0, 0.1) is 0 Å². The van der Waals surface area contributed by atoms with Crippen molar-refractivity contribution in [3.05, 3.63) is 28.0 Å². The normalized spacial score (nSPS) is 10.8. The van der Waals surface area contributed by atoms with E-state index in [0.29, 0.717) is 0 Å². The molecule has 12 heavy (non-hydrogen) atoms. The maximum Gasteiger partial charge on any atom is 0.328 e. The Balaban J connectivity index is 2.70. The number of aliphatic hydroxyl groups excluding tert-OH is 1. The molecule has 0 aliphatic rings. The summed E-state index contributed by atoms with van der Waals surface area (Å²) in [4.78, 5) is 11.0. The van der Waals surface area contributed by atoms with Gasteiger partial charge in [-0.15, -0.1) is 11.3 Å². The number of carbonyl (C=O) groups is 1. The van der Waals surface area contributed by atoms with Gasteiger partial charge in [0, 0.05) is 11.0 Å². The fourth-order valence-electron chi connectivity index (χ4n) is 0.718. The summed E-state index contributed by atoms with van der Waals surface area (Å²) < 4.78 is 0. The fourth-order valence-corrected chi connectivity index (χ4v) is 1.51. The second-order valence-corrected chi connectivity index (χ2v) is 3.13. The van der Waals surface area contributed by atoms with Crippen LogP contribution in [0.2, 0.25) is 0 Å². The first-order valence-electron chi connectivity index (χ1n) is 3.31. The van der Waals surface area contributed by atoms with E-state index in [1.54, 1.807) is 11.4 Å².